The van der Waals surface area contributed by atoms with Gasteiger partial charge in [0.2, 0.25) is 5.95 Å². The number of hydrogen-bond acceptors (Lipinski definition) is 3. The Balaban J connectivity index is 2.08. The van der Waals surface area contributed by atoms with Gasteiger partial charge in [0.25, 0.3) is 0 Å². The second-order valence-electron chi connectivity index (χ2n) is 3.60. The van der Waals surface area contributed by atoms with Crippen LogP contribution in [0.2, 0.25) is 0 Å². The highest BCUT2D eigenvalue weighted by molar-refractivity contribution is 14.1. The maximum atomic E-state index is 4.35. The molecule has 14 heavy (non-hydrogen) atoms. The van der Waals surface area contributed by atoms with Crippen molar-refractivity contribution in [3.05, 3.63) is 16.0 Å². The summed E-state index contributed by atoms with van der Waals surface area (Å²) in [6.45, 7) is 2.22. The zero-order valence-electron chi connectivity index (χ0n) is 8.12. The molecule has 1 aliphatic rings. The van der Waals surface area contributed by atoms with E-state index >= 15 is 0 Å². The SMILES string of the molecule is Ic1cnc(N2CCCCCC2)nc1. The minimum Gasteiger partial charge on any atom is -0.341 e. The van der Waals surface area contributed by atoms with Crippen LogP contribution >= 0.6 is 22.6 Å². The van der Waals surface area contributed by atoms with E-state index in [2.05, 4.69) is 37.5 Å². The zero-order chi connectivity index (χ0) is 9.80. The molecule has 0 bridgehead atoms. The molecule has 0 aromatic carbocycles. The predicted octanol–water partition coefficient (Wildman–Crippen LogP) is 2.46. The molecule has 1 aromatic rings. The molecule has 1 saturated heterocycles. The summed E-state index contributed by atoms with van der Waals surface area (Å²) < 4.78 is 1.10. The molecule has 1 aromatic heterocycles. The lowest BCUT2D eigenvalue weighted by Crippen LogP contribution is -2.25. The van der Waals surface area contributed by atoms with Gasteiger partial charge in [-0.05, 0) is 35.4 Å². The third-order valence-corrected chi connectivity index (χ3v) is 3.05. The summed E-state index contributed by atoms with van der Waals surface area (Å²) in [5.74, 6) is 0.896. The van der Waals surface area contributed by atoms with E-state index < -0.39 is 0 Å². The molecule has 2 rings (SSSR count). The number of aromatic nitrogens is 2. The maximum Gasteiger partial charge on any atom is 0.225 e. The molecule has 0 N–H and O–H groups in total. The summed E-state index contributed by atoms with van der Waals surface area (Å²) in [4.78, 5) is 11.0. The number of halogens is 1. The topological polar surface area (TPSA) is 29.0 Å². The van der Waals surface area contributed by atoms with Gasteiger partial charge >= 0.3 is 0 Å². The van der Waals surface area contributed by atoms with E-state index in [1.54, 1.807) is 0 Å². The Labute approximate surface area is 98.1 Å². The average Bonchev–Trinajstić information content (AvgIpc) is 2.47. The van der Waals surface area contributed by atoms with Gasteiger partial charge in [0, 0.05) is 29.1 Å². The number of hydrogen-bond donors (Lipinski definition) is 0. The first-order valence-electron chi connectivity index (χ1n) is 5.09. The molecule has 0 radical (unpaired) electrons. The molecular weight excluding hydrogens is 289 g/mol. The van der Waals surface area contributed by atoms with E-state index in [1.807, 2.05) is 12.4 Å². The lowest BCUT2D eigenvalue weighted by atomic mass is 10.2. The highest BCUT2D eigenvalue weighted by atomic mass is 127. The maximum absolute atomic E-state index is 4.35. The molecule has 3 nitrogen and oxygen atoms in total. The molecule has 0 aliphatic carbocycles. The van der Waals surface area contributed by atoms with Gasteiger partial charge in [0.15, 0.2) is 0 Å². The Hall–Kier alpha value is -0.390. The van der Waals surface area contributed by atoms with E-state index in [-0.39, 0.29) is 0 Å². The molecule has 1 fully saturated rings. The predicted molar refractivity (Wildman–Crippen MR) is 65.4 cm³/mol. The van der Waals surface area contributed by atoms with Crippen molar-refractivity contribution in [2.45, 2.75) is 25.7 Å². The van der Waals surface area contributed by atoms with Crippen LogP contribution in [0.3, 0.4) is 0 Å². The van der Waals surface area contributed by atoms with Gasteiger partial charge in [-0.3, -0.25) is 0 Å². The Morgan fingerprint density at radius 3 is 2.14 bits per heavy atom. The standard InChI is InChI=1S/C10H14IN3/c11-9-7-12-10(13-8-9)14-5-3-1-2-4-6-14/h7-8H,1-6H2. The van der Waals surface area contributed by atoms with Crippen LogP contribution in [0.15, 0.2) is 12.4 Å². The monoisotopic (exact) mass is 303 g/mol. The summed E-state index contributed by atoms with van der Waals surface area (Å²) >= 11 is 2.23. The van der Waals surface area contributed by atoms with E-state index in [0.717, 1.165) is 22.6 Å². The second kappa shape index (κ2) is 4.91. The number of rotatable bonds is 1. The van der Waals surface area contributed by atoms with Crippen molar-refractivity contribution in [1.29, 1.82) is 0 Å². The molecule has 0 amide bonds. The van der Waals surface area contributed by atoms with Crippen molar-refractivity contribution in [2.24, 2.45) is 0 Å². The van der Waals surface area contributed by atoms with Crippen LogP contribution < -0.4 is 4.90 Å². The van der Waals surface area contributed by atoms with Crippen molar-refractivity contribution >= 4 is 28.5 Å². The lowest BCUT2D eigenvalue weighted by Gasteiger charge is -2.19. The largest absolute Gasteiger partial charge is 0.341 e. The van der Waals surface area contributed by atoms with Crippen LogP contribution in [-0.2, 0) is 0 Å². The van der Waals surface area contributed by atoms with E-state index in [9.17, 15) is 0 Å². The fourth-order valence-corrected chi connectivity index (χ4v) is 2.02. The minimum absolute atomic E-state index is 0.896. The summed E-state index contributed by atoms with van der Waals surface area (Å²) in [5.41, 5.74) is 0. The van der Waals surface area contributed by atoms with Gasteiger partial charge in [-0.2, -0.15) is 0 Å². The van der Waals surface area contributed by atoms with Crippen LogP contribution in [0.5, 0.6) is 0 Å². The normalized spacial score (nSPS) is 17.9. The van der Waals surface area contributed by atoms with Gasteiger partial charge in [-0.1, -0.05) is 12.8 Å². The first-order chi connectivity index (χ1) is 6.86. The van der Waals surface area contributed by atoms with Crippen LogP contribution in [0.1, 0.15) is 25.7 Å². The van der Waals surface area contributed by atoms with Crippen molar-refractivity contribution < 1.29 is 0 Å². The fourth-order valence-electron chi connectivity index (χ4n) is 1.74. The van der Waals surface area contributed by atoms with Crippen LogP contribution in [0, 0.1) is 3.57 Å². The van der Waals surface area contributed by atoms with Crippen molar-refractivity contribution in [1.82, 2.24) is 9.97 Å². The number of anilines is 1. The highest BCUT2D eigenvalue weighted by Crippen LogP contribution is 2.15. The van der Waals surface area contributed by atoms with E-state index in [0.29, 0.717) is 0 Å². The zero-order valence-corrected chi connectivity index (χ0v) is 10.3. The van der Waals surface area contributed by atoms with Crippen LogP contribution in [-0.4, -0.2) is 23.1 Å². The first kappa shape index (κ1) is 10.1. The summed E-state index contributed by atoms with van der Waals surface area (Å²) in [5, 5.41) is 0. The smallest absolute Gasteiger partial charge is 0.225 e. The summed E-state index contributed by atoms with van der Waals surface area (Å²) in [7, 11) is 0. The molecule has 0 spiro atoms. The quantitative estimate of drug-likeness (QED) is 0.746. The fraction of sp³-hybridized carbons (Fsp3) is 0.600. The van der Waals surface area contributed by atoms with Gasteiger partial charge in [0.05, 0.1) is 0 Å². The van der Waals surface area contributed by atoms with E-state index in [4.69, 9.17) is 0 Å². The number of nitrogens with zero attached hydrogens (tertiary/aromatic N) is 3. The molecule has 0 saturated carbocycles. The third kappa shape index (κ3) is 2.56. The van der Waals surface area contributed by atoms with Gasteiger partial charge in [0.1, 0.15) is 0 Å². The molecule has 1 aliphatic heterocycles. The van der Waals surface area contributed by atoms with Gasteiger partial charge < -0.3 is 4.90 Å². The second-order valence-corrected chi connectivity index (χ2v) is 4.85. The minimum atomic E-state index is 0.896. The van der Waals surface area contributed by atoms with E-state index in [1.165, 1.54) is 25.7 Å². The Bertz CT molecular complexity index is 278. The first-order valence-corrected chi connectivity index (χ1v) is 6.16. The van der Waals surface area contributed by atoms with Gasteiger partial charge in [-0.15, -0.1) is 0 Å². The molecule has 2 heterocycles. The van der Waals surface area contributed by atoms with Crippen LogP contribution in [0.4, 0.5) is 5.95 Å². The summed E-state index contributed by atoms with van der Waals surface area (Å²) in [6, 6.07) is 0. The van der Waals surface area contributed by atoms with Crippen LogP contribution in [0.25, 0.3) is 0 Å². The molecule has 76 valence electrons. The molecule has 0 unspecified atom stereocenters. The van der Waals surface area contributed by atoms with Crippen molar-refractivity contribution in [3.8, 4) is 0 Å². The highest BCUT2D eigenvalue weighted by Gasteiger charge is 2.11. The lowest BCUT2D eigenvalue weighted by molar-refractivity contribution is 0.726. The Morgan fingerprint density at radius 1 is 1.00 bits per heavy atom. The average molecular weight is 303 g/mol. The van der Waals surface area contributed by atoms with Crippen molar-refractivity contribution in [2.75, 3.05) is 18.0 Å². The molecule has 0 atom stereocenters. The molecule has 4 heteroatoms. The van der Waals surface area contributed by atoms with Gasteiger partial charge in [-0.25, -0.2) is 9.97 Å². The Morgan fingerprint density at radius 2 is 1.57 bits per heavy atom. The Kier molecular flexibility index (Phi) is 3.55. The molecular formula is C10H14IN3. The third-order valence-electron chi connectivity index (χ3n) is 2.50. The van der Waals surface area contributed by atoms with Crippen molar-refractivity contribution in [3.63, 3.8) is 0 Å². The summed E-state index contributed by atoms with van der Waals surface area (Å²) in [6.07, 6.45) is 9.01.